The number of anilines is 1. The third-order valence-electron chi connectivity index (χ3n) is 2.65. The van der Waals surface area contributed by atoms with E-state index in [1.807, 2.05) is 11.9 Å². The average Bonchev–Trinajstić information content (AvgIpc) is 2.87. The maximum absolute atomic E-state index is 5.04. The monoisotopic (exact) mass is 278 g/mol. The van der Waals surface area contributed by atoms with Gasteiger partial charge in [0.2, 0.25) is 5.95 Å². The second-order valence-electron chi connectivity index (χ2n) is 4.61. The lowest BCUT2D eigenvalue weighted by molar-refractivity contribution is 0.410. The van der Waals surface area contributed by atoms with E-state index in [2.05, 4.69) is 34.2 Å². The number of aromatic nitrogens is 3. The number of thiazole rings is 1. The first-order valence-electron chi connectivity index (χ1n) is 6.11. The van der Waals surface area contributed by atoms with Gasteiger partial charge in [0.1, 0.15) is 0 Å². The van der Waals surface area contributed by atoms with E-state index in [0.717, 1.165) is 5.69 Å². The Bertz CT molecular complexity index is 524. The van der Waals surface area contributed by atoms with Crippen molar-refractivity contribution in [1.29, 1.82) is 0 Å². The molecule has 0 N–H and O–H groups in total. The second-order valence-corrected chi connectivity index (χ2v) is 5.50. The molecule has 2 aromatic rings. The summed E-state index contributed by atoms with van der Waals surface area (Å²) >= 11 is 1.70. The molecule has 0 bridgehead atoms. The first-order chi connectivity index (χ1) is 9.10. The molecular weight excluding hydrogens is 260 g/mol. The average molecular weight is 278 g/mol. The standard InChI is InChI=1S/C13H18N4OS/c1-9(2)12-16-10(8-19-12)7-17(3)13-14-5-11(18-4)6-15-13/h5-6,8-9H,7H2,1-4H3. The summed E-state index contributed by atoms with van der Waals surface area (Å²) in [6.07, 6.45) is 3.33. The summed E-state index contributed by atoms with van der Waals surface area (Å²) in [5, 5.41) is 3.26. The van der Waals surface area contributed by atoms with Crippen LogP contribution in [0.3, 0.4) is 0 Å². The van der Waals surface area contributed by atoms with E-state index in [1.165, 1.54) is 5.01 Å². The molecule has 0 aromatic carbocycles. The highest BCUT2D eigenvalue weighted by molar-refractivity contribution is 7.09. The van der Waals surface area contributed by atoms with E-state index < -0.39 is 0 Å². The van der Waals surface area contributed by atoms with Gasteiger partial charge in [-0.15, -0.1) is 11.3 Å². The molecule has 0 amide bonds. The van der Waals surface area contributed by atoms with Crippen molar-refractivity contribution >= 4 is 17.3 Å². The number of methoxy groups -OCH3 is 1. The van der Waals surface area contributed by atoms with Gasteiger partial charge in [-0.2, -0.15) is 0 Å². The fourth-order valence-electron chi connectivity index (χ4n) is 1.59. The molecule has 0 fully saturated rings. The van der Waals surface area contributed by atoms with Gasteiger partial charge in [0.15, 0.2) is 5.75 Å². The lowest BCUT2D eigenvalue weighted by Crippen LogP contribution is -2.19. The van der Waals surface area contributed by atoms with Crippen LogP contribution >= 0.6 is 11.3 Å². The van der Waals surface area contributed by atoms with Crippen LogP contribution in [0.15, 0.2) is 17.8 Å². The molecule has 0 aliphatic heterocycles. The number of nitrogens with zero attached hydrogens (tertiary/aromatic N) is 4. The maximum Gasteiger partial charge on any atom is 0.225 e. The van der Waals surface area contributed by atoms with Gasteiger partial charge >= 0.3 is 0 Å². The van der Waals surface area contributed by atoms with Crippen LogP contribution in [0.5, 0.6) is 5.75 Å². The molecule has 0 saturated carbocycles. The van der Waals surface area contributed by atoms with Crippen molar-refractivity contribution < 1.29 is 4.74 Å². The largest absolute Gasteiger partial charge is 0.494 e. The van der Waals surface area contributed by atoms with Gasteiger partial charge in [0.25, 0.3) is 0 Å². The molecule has 0 unspecified atom stereocenters. The van der Waals surface area contributed by atoms with Crippen molar-refractivity contribution in [3.63, 3.8) is 0 Å². The molecule has 19 heavy (non-hydrogen) atoms. The number of rotatable bonds is 5. The van der Waals surface area contributed by atoms with Gasteiger partial charge in [0.05, 0.1) is 36.7 Å². The molecule has 5 nitrogen and oxygen atoms in total. The van der Waals surface area contributed by atoms with Crippen LogP contribution in [-0.2, 0) is 6.54 Å². The van der Waals surface area contributed by atoms with E-state index in [1.54, 1.807) is 30.8 Å². The molecule has 0 saturated heterocycles. The van der Waals surface area contributed by atoms with Crippen LogP contribution in [0.2, 0.25) is 0 Å². The van der Waals surface area contributed by atoms with Crippen LogP contribution in [0, 0.1) is 0 Å². The lowest BCUT2D eigenvalue weighted by Gasteiger charge is -2.15. The Kier molecular flexibility index (Phi) is 4.31. The fourth-order valence-corrected chi connectivity index (χ4v) is 2.41. The summed E-state index contributed by atoms with van der Waals surface area (Å²) in [5.74, 6) is 1.80. The van der Waals surface area contributed by atoms with Crippen molar-refractivity contribution in [2.24, 2.45) is 0 Å². The summed E-state index contributed by atoms with van der Waals surface area (Å²) in [6.45, 7) is 5.01. The maximum atomic E-state index is 5.04. The van der Waals surface area contributed by atoms with Crippen LogP contribution in [0.25, 0.3) is 0 Å². The molecule has 0 spiro atoms. The summed E-state index contributed by atoms with van der Waals surface area (Å²) in [4.78, 5) is 15.1. The molecule has 0 aliphatic rings. The smallest absolute Gasteiger partial charge is 0.225 e. The van der Waals surface area contributed by atoms with Crippen molar-refractivity contribution in [2.75, 3.05) is 19.1 Å². The summed E-state index contributed by atoms with van der Waals surface area (Å²) in [6, 6.07) is 0. The molecule has 0 atom stereocenters. The first-order valence-corrected chi connectivity index (χ1v) is 6.99. The topological polar surface area (TPSA) is 51.1 Å². The van der Waals surface area contributed by atoms with Crippen LogP contribution in [-0.4, -0.2) is 29.1 Å². The number of hydrogen-bond acceptors (Lipinski definition) is 6. The van der Waals surface area contributed by atoms with E-state index in [4.69, 9.17) is 4.74 Å². The van der Waals surface area contributed by atoms with Crippen molar-refractivity contribution in [2.45, 2.75) is 26.3 Å². The highest BCUT2D eigenvalue weighted by Gasteiger charge is 2.10. The normalized spacial score (nSPS) is 10.8. The Morgan fingerprint density at radius 1 is 1.32 bits per heavy atom. The van der Waals surface area contributed by atoms with Crippen molar-refractivity contribution in [1.82, 2.24) is 15.0 Å². The zero-order chi connectivity index (χ0) is 13.8. The predicted molar refractivity (Wildman–Crippen MR) is 76.9 cm³/mol. The van der Waals surface area contributed by atoms with Crippen LogP contribution < -0.4 is 9.64 Å². The van der Waals surface area contributed by atoms with E-state index in [-0.39, 0.29) is 0 Å². The van der Waals surface area contributed by atoms with E-state index >= 15 is 0 Å². The first kappa shape index (κ1) is 13.7. The molecule has 102 valence electrons. The fraction of sp³-hybridized carbons (Fsp3) is 0.462. The number of hydrogen-bond donors (Lipinski definition) is 0. The van der Waals surface area contributed by atoms with E-state index in [9.17, 15) is 0 Å². The Morgan fingerprint density at radius 2 is 2.00 bits per heavy atom. The Labute approximate surface area is 117 Å². The Morgan fingerprint density at radius 3 is 2.53 bits per heavy atom. The van der Waals surface area contributed by atoms with E-state index in [0.29, 0.717) is 24.2 Å². The zero-order valence-electron chi connectivity index (χ0n) is 11.6. The number of ether oxygens (including phenoxy) is 1. The summed E-state index contributed by atoms with van der Waals surface area (Å²) in [7, 11) is 3.56. The molecule has 0 radical (unpaired) electrons. The molecular formula is C13H18N4OS. The molecule has 2 rings (SSSR count). The summed E-state index contributed by atoms with van der Waals surface area (Å²) in [5.41, 5.74) is 1.05. The second kappa shape index (κ2) is 5.97. The van der Waals surface area contributed by atoms with Gasteiger partial charge in [-0.25, -0.2) is 15.0 Å². The SMILES string of the molecule is COc1cnc(N(C)Cc2csc(C(C)C)n2)nc1. The highest BCUT2D eigenvalue weighted by Crippen LogP contribution is 2.20. The molecule has 6 heteroatoms. The Balaban J connectivity index is 2.04. The third kappa shape index (κ3) is 3.41. The van der Waals surface area contributed by atoms with Gasteiger partial charge in [-0.3, -0.25) is 0 Å². The quantitative estimate of drug-likeness (QED) is 0.841. The van der Waals surface area contributed by atoms with Crippen molar-refractivity contribution in [3.05, 3.63) is 28.5 Å². The summed E-state index contributed by atoms with van der Waals surface area (Å²) < 4.78 is 5.04. The Hall–Kier alpha value is -1.69. The molecule has 0 aliphatic carbocycles. The van der Waals surface area contributed by atoms with Gasteiger partial charge in [-0.05, 0) is 0 Å². The van der Waals surface area contributed by atoms with Gasteiger partial charge in [0, 0.05) is 18.3 Å². The van der Waals surface area contributed by atoms with Gasteiger partial charge in [-0.1, -0.05) is 13.8 Å². The minimum Gasteiger partial charge on any atom is -0.494 e. The predicted octanol–water partition coefficient (Wildman–Crippen LogP) is 2.70. The minimum absolute atomic E-state index is 0.473. The van der Waals surface area contributed by atoms with Gasteiger partial charge < -0.3 is 9.64 Å². The molecule has 2 aromatic heterocycles. The van der Waals surface area contributed by atoms with Crippen LogP contribution in [0.4, 0.5) is 5.95 Å². The molecule has 2 heterocycles. The third-order valence-corrected chi connectivity index (χ3v) is 3.85. The van der Waals surface area contributed by atoms with Crippen molar-refractivity contribution in [3.8, 4) is 5.75 Å². The van der Waals surface area contributed by atoms with Crippen LogP contribution in [0.1, 0.15) is 30.5 Å². The minimum atomic E-state index is 0.473. The lowest BCUT2D eigenvalue weighted by atomic mass is 10.2. The highest BCUT2D eigenvalue weighted by atomic mass is 32.1. The zero-order valence-corrected chi connectivity index (χ0v) is 12.4.